The minimum atomic E-state index is 0.0357. The topological polar surface area (TPSA) is 56.4 Å². The molecule has 1 aromatic heterocycles. The lowest BCUT2D eigenvalue weighted by atomic mass is 10.1. The molecule has 5 heteroatoms. The summed E-state index contributed by atoms with van der Waals surface area (Å²) in [5.41, 5.74) is 2.33. The number of aromatic amines is 1. The van der Waals surface area contributed by atoms with E-state index in [0.717, 1.165) is 37.9 Å². The number of hydrogen-bond donors (Lipinski definition) is 1. The molecule has 1 saturated heterocycles. The first-order valence-electron chi connectivity index (χ1n) is 9.73. The van der Waals surface area contributed by atoms with E-state index >= 15 is 0 Å². The minimum absolute atomic E-state index is 0.0357. The molecule has 1 aliphatic rings. The number of para-hydroxylation sites is 1. The molecule has 0 atom stereocenters. The van der Waals surface area contributed by atoms with Crippen LogP contribution in [0.2, 0.25) is 0 Å². The third kappa shape index (κ3) is 4.65. The molecule has 0 bridgehead atoms. The predicted octanol–water partition coefficient (Wildman–Crippen LogP) is 3.35. The second kappa shape index (κ2) is 8.88. The average molecular weight is 355 g/mol. The average Bonchev–Trinajstić information content (AvgIpc) is 2.86. The van der Waals surface area contributed by atoms with Crippen LogP contribution in [0.3, 0.4) is 0 Å². The molecule has 0 aliphatic carbocycles. The van der Waals surface area contributed by atoms with Crippen molar-refractivity contribution in [3.8, 4) is 0 Å². The maximum absolute atomic E-state index is 12.5. The zero-order valence-corrected chi connectivity index (χ0v) is 15.7. The maximum atomic E-state index is 12.5. The van der Waals surface area contributed by atoms with Gasteiger partial charge < -0.3 is 14.8 Å². The molecule has 1 N–H and O–H groups in total. The smallest absolute Gasteiger partial charge is 0.224 e. The van der Waals surface area contributed by atoms with Gasteiger partial charge in [-0.15, -0.1) is 0 Å². The van der Waals surface area contributed by atoms with E-state index in [0.29, 0.717) is 19.5 Å². The quantitative estimate of drug-likeness (QED) is 0.864. The van der Waals surface area contributed by atoms with Gasteiger partial charge in [-0.25, -0.2) is 0 Å². The van der Waals surface area contributed by atoms with Crippen LogP contribution in [-0.4, -0.2) is 52.8 Å². The molecule has 2 aromatic rings. The fourth-order valence-electron chi connectivity index (χ4n) is 3.73. The summed E-state index contributed by atoms with van der Waals surface area (Å²) in [6.07, 6.45) is 7.87. The highest BCUT2D eigenvalue weighted by Crippen LogP contribution is 2.18. The summed E-state index contributed by atoms with van der Waals surface area (Å²) < 4.78 is 0. The van der Waals surface area contributed by atoms with Crippen LogP contribution in [0, 0.1) is 0 Å². The zero-order valence-electron chi connectivity index (χ0n) is 15.7. The number of benzene rings is 1. The van der Waals surface area contributed by atoms with Crippen LogP contribution in [0.25, 0.3) is 10.9 Å². The van der Waals surface area contributed by atoms with Crippen molar-refractivity contribution in [1.82, 2.24) is 14.8 Å². The van der Waals surface area contributed by atoms with Gasteiger partial charge in [0.1, 0.15) is 0 Å². The lowest BCUT2D eigenvalue weighted by molar-refractivity contribution is -0.133. The molecule has 1 aromatic carbocycles. The van der Waals surface area contributed by atoms with Gasteiger partial charge >= 0.3 is 0 Å². The number of carbonyl (C=O) groups is 2. The SMILES string of the molecule is CC(=O)N(CCC(=O)N1CCCCCC1)CCc1c[nH]c2ccccc12. The Morgan fingerprint density at radius 1 is 1.08 bits per heavy atom. The van der Waals surface area contributed by atoms with Crippen LogP contribution >= 0.6 is 0 Å². The number of rotatable bonds is 6. The molecule has 3 rings (SSSR count). The molecule has 0 radical (unpaired) electrons. The van der Waals surface area contributed by atoms with Crippen molar-refractivity contribution < 1.29 is 9.59 Å². The van der Waals surface area contributed by atoms with Gasteiger partial charge in [-0.1, -0.05) is 31.0 Å². The summed E-state index contributed by atoms with van der Waals surface area (Å²) in [6, 6.07) is 8.20. The fraction of sp³-hybridized carbons (Fsp3) is 0.524. The lowest BCUT2D eigenvalue weighted by Gasteiger charge is -2.24. The lowest BCUT2D eigenvalue weighted by Crippen LogP contribution is -2.37. The number of amides is 2. The highest BCUT2D eigenvalue weighted by molar-refractivity contribution is 5.83. The van der Waals surface area contributed by atoms with Crippen LogP contribution in [-0.2, 0) is 16.0 Å². The Morgan fingerprint density at radius 3 is 2.54 bits per heavy atom. The number of carbonyl (C=O) groups excluding carboxylic acids is 2. The van der Waals surface area contributed by atoms with E-state index in [2.05, 4.69) is 17.1 Å². The van der Waals surface area contributed by atoms with E-state index in [1.807, 2.05) is 23.2 Å². The molecule has 2 amide bonds. The molecule has 2 heterocycles. The standard InChI is InChI=1S/C21H29N3O2/c1-17(25)23(15-11-21(26)24-12-6-2-3-7-13-24)14-10-18-16-22-20-9-5-4-8-19(18)20/h4-5,8-9,16,22H,2-3,6-7,10-15H2,1H3. The number of nitrogens with zero attached hydrogens (tertiary/aromatic N) is 2. The van der Waals surface area contributed by atoms with Gasteiger partial charge in [0.15, 0.2) is 0 Å². The Balaban J connectivity index is 1.54. The summed E-state index contributed by atoms with van der Waals surface area (Å²) in [6.45, 7) is 4.48. The Hall–Kier alpha value is -2.30. The van der Waals surface area contributed by atoms with Crippen molar-refractivity contribution in [2.24, 2.45) is 0 Å². The first-order valence-corrected chi connectivity index (χ1v) is 9.73. The van der Waals surface area contributed by atoms with E-state index in [1.165, 1.54) is 23.8 Å². The molecule has 26 heavy (non-hydrogen) atoms. The molecule has 0 saturated carbocycles. The molecule has 140 valence electrons. The Kier molecular flexibility index (Phi) is 6.31. The van der Waals surface area contributed by atoms with Crippen molar-refractivity contribution in [1.29, 1.82) is 0 Å². The van der Waals surface area contributed by atoms with Gasteiger partial charge in [0, 0.05) is 56.6 Å². The van der Waals surface area contributed by atoms with E-state index in [-0.39, 0.29) is 11.8 Å². The molecular formula is C21H29N3O2. The van der Waals surface area contributed by atoms with Crippen LogP contribution in [0.1, 0.15) is 44.6 Å². The first-order chi connectivity index (χ1) is 12.6. The highest BCUT2D eigenvalue weighted by Gasteiger charge is 2.18. The number of aromatic nitrogens is 1. The normalized spacial score (nSPS) is 15.0. The number of hydrogen-bond acceptors (Lipinski definition) is 2. The van der Waals surface area contributed by atoms with Crippen molar-refractivity contribution in [2.75, 3.05) is 26.2 Å². The van der Waals surface area contributed by atoms with E-state index in [9.17, 15) is 9.59 Å². The van der Waals surface area contributed by atoms with Crippen LogP contribution in [0.5, 0.6) is 0 Å². The summed E-state index contributed by atoms with van der Waals surface area (Å²) in [4.78, 5) is 31.5. The van der Waals surface area contributed by atoms with E-state index in [1.54, 1.807) is 11.8 Å². The Bertz CT molecular complexity index is 745. The van der Waals surface area contributed by atoms with Crippen LogP contribution in [0.15, 0.2) is 30.5 Å². The van der Waals surface area contributed by atoms with Crippen molar-refractivity contribution in [3.63, 3.8) is 0 Å². The van der Waals surface area contributed by atoms with Gasteiger partial charge in [-0.2, -0.15) is 0 Å². The predicted molar refractivity (Wildman–Crippen MR) is 104 cm³/mol. The van der Waals surface area contributed by atoms with Gasteiger partial charge in [0.2, 0.25) is 11.8 Å². The zero-order chi connectivity index (χ0) is 18.4. The fourth-order valence-corrected chi connectivity index (χ4v) is 3.73. The molecule has 1 fully saturated rings. The van der Waals surface area contributed by atoms with E-state index in [4.69, 9.17) is 0 Å². The molecule has 1 aliphatic heterocycles. The van der Waals surface area contributed by atoms with Crippen LogP contribution in [0.4, 0.5) is 0 Å². The van der Waals surface area contributed by atoms with E-state index < -0.39 is 0 Å². The summed E-state index contributed by atoms with van der Waals surface area (Å²) in [5, 5.41) is 1.21. The second-order valence-electron chi connectivity index (χ2n) is 7.16. The third-order valence-corrected chi connectivity index (χ3v) is 5.33. The van der Waals surface area contributed by atoms with Gasteiger partial charge in [0.05, 0.1) is 0 Å². The monoisotopic (exact) mass is 355 g/mol. The summed E-state index contributed by atoms with van der Waals surface area (Å²) in [7, 11) is 0. The van der Waals surface area contributed by atoms with Crippen molar-refractivity contribution in [2.45, 2.75) is 45.4 Å². The second-order valence-corrected chi connectivity index (χ2v) is 7.16. The maximum Gasteiger partial charge on any atom is 0.224 e. The van der Waals surface area contributed by atoms with Crippen molar-refractivity contribution in [3.05, 3.63) is 36.0 Å². The molecule has 0 spiro atoms. The number of H-pyrrole nitrogens is 1. The van der Waals surface area contributed by atoms with Gasteiger partial charge in [0.25, 0.3) is 0 Å². The molecular weight excluding hydrogens is 326 g/mol. The highest BCUT2D eigenvalue weighted by atomic mass is 16.2. The molecule has 0 unspecified atom stereocenters. The molecule has 5 nitrogen and oxygen atoms in total. The summed E-state index contributed by atoms with van der Waals surface area (Å²) in [5.74, 6) is 0.221. The number of likely N-dealkylation sites (tertiary alicyclic amines) is 1. The minimum Gasteiger partial charge on any atom is -0.361 e. The van der Waals surface area contributed by atoms with Crippen molar-refractivity contribution >= 4 is 22.7 Å². The summed E-state index contributed by atoms with van der Waals surface area (Å²) >= 11 is 0. The Morgan fingerprint density at radius 2 is 1.81 bits per heavy atom. The number of fused-ring (bicyclic) bond motifs is 1. The third-order valence-electron chi connectivity index (χ3n) is 5.33. The number of nitrogens with one attached hydrogen (secondary N) is 1. The van der Waals surface area contributed by atoms with Gasteiger partial charge in [-0.05, 0) is 30.9 Å². The Labute approximate surface area is 155 Å². The van der Waals surface area contributed by atoms with Crippen LogP contribution < -0.4 is 0 Å². The first kappa shape index (κ1) is 18.5. The van der Waals surface area contributed by atoms with Gasteiger partial charge in [-0.3, -0.25) is 9.59 Å². The largest absolute Gasteiger partial charge is 0.361 e.